The molecular weight excluding hydrogens is 262 g/mol. The zero-order valence-corrected chi connectivity index (χ0v) is 12.9. The Bertz CT molecular complexity index is 556. The van der Waals surface area contributed by atoms with Gasteiger partial charge in [0.15, 0.2) is 0 Å². The maximum Gasteiger partial charge on any atom is 0.122 e. The number of hydrogen-bond acceptors (Lipinski definition) is 3. The predicted octanol–water partition coefficient (Wildman–Crippen LogP) is 3.64. The van der Waals surface area contributed by atoms with E-state index in [1.807, 2.05) is 18.2 Å². The Morgan fingerprint density at radius 2 is 1.52 bits per heavy atom. The first kappa shape index (κ1) is 15.4. The van der Waals surface area contributed by atoms with Crippen LogP contribution < -0.4 is 15.2 Å². The lowest BCUT2D eigenvalue weighted by molar-refractivity contribution is 0.392. The number of rotatable bonds is 6. The standard InChI is InChI=1S/C18H23NO2/c1-13-4-6-14(7-5-13)8-9-18(19)15-10-16(20-2)12-17(11-15)21-3/h4-7,10-12,18H,8-9,19H2,1-3H3. The molecule has 0 aliphatic rings. The van der Waals surface area contributed by atoms with Crippen molar-refractivity contribution in [1.82, 2.24) is 0 Å². The third kappa shape index (κ3) is 4.23. The maximum atomic E-state index is 6.31. The van der Waals surface area contributed by atoms with E-state index in [2.05, 4.69) is 31.2 Å². The van der Waals surface area contributed by atoms with Gasteiger partial charge in [-0.2, -0.15) is 0 Å². The normalized spacial score (nSPS) is 12.0. The zero-order chi connectivity index (χ0) is 15.2. The van der Waals surface area contributed by atoms with Gasteiger partial charge in [-0.25, -0.2) is 0 Å². The molecular formula is C18H23NO2. The van der Waals surface area contributed by atoms with Crippen molar-refractivity contribution in [3.8, 4) is 11.5 Å². The number of aryl methyl sites for hydroxylation is 2. The minimum atomic E-state index is -0.0321. The van der Waals surface area contributed by atoms with Crippen LogP contribution in [-0.2, 0) is 6.42 Å². The molecule has 0 radical (unpaired) electrons. The van der Waals surface area contributed by atoms with Gasteiger partial charge in [-0.05, 0) is 43.0 Å². The van der Waals surface area contributed by atoms with E-state index >= 15 is 0 Å². The number of benzene rings is 2. The molecule has 0 saturated heterocycles. The van der Waals surface area contributed by atoms with Crippen LogP contribution in [0.2, 0.25) is 0 Å². The lowest BCUT2D eigenvalue weighted by Crippen LogP contribution is -2.11. The van der Waals surface area contributed by atoms with Crippen LogP contribution in [0.25, 0.3) is 0 Å². The average Bonchev–Trinajstić information content (AvgIpc) is 2.53. The van der Waals surface area contributed by atoms with Crippen molar-refractivity contribution in [2.45, 2.75) is 25.8 Å². The van der Waals surface area contributed by atoms with Crippen molar-refractivity contribution >= 4 is 0 Å². The molecule has 2 aromatic carbocycles. The molecule has 3 heteroatoms. The van der Waals surface area contributed by atoms with Crippen LogP contribution in [0.15, 0.2) is 42.5 Å². The van der Waals surface area contributed by atoms with E-state index in [0.717, 1.165) is 29.9 Å². The van der Waals surface area contributed by atoms with Crippen LogP contribution >= 0.6 is 0 Å². The first-order valence-corrected chi connectivity index (χ1v) is 7.16. The Labute approximate surface area is 126 Å². The molecule has 112 valence electrons. The van der Waals surface area contributed by atoms with Gasteiger partial charge in [0.05, 0.1) is 14.2 Å². The van der Waals surface area contributed by atoms with Crippen LogP contribution in [0.4, 0.5) is 0 Å². The molecule has 0 fully saturated rings. The Hall–Kier alpha value is -2.00. The van der Waals surface area contributed by atoms with Crippen LogP contribution in [0.3, 0.4) is 0 Å². The molecule has 3 nitrogen and oxygen atoms in total. The van der Waals surface area contributed by atoms with E-state index in [-0.39, 0.29) is 6.04 Å². The lowest BCUT2D eigenvalue weighted by atomic mass is 9.99. The van der Waals surface area contributed by atoms with Crippen molar-refractivity contribution in [1.29, 1.82) is 0 Å². The molecule has 0 amide bonds. The van der Waals surface area contributed by atoms with Gasteiger partial charge in [-0.1, -0.05) is 29.8 Å². The highest BCUT2D eigenvalue weighted by molar-refractivity contribution is 5.39. The fourth-order valence-electron chi connectivity index (χ4n) is 2.29. The first-order chi connectivity index (χ1) is 10.1. The van der Waals surface area contributed by atoms with E-state index in [1.54, 1.807) is 14.2 Å². The summed E-state index contributed by atoms with van der Waals surface area (Å²) in [7, 11) is 3.30. The highest BCUT2D eigenvalue weighted by atomic mass is 16.5. The predicted molar refractivity (Wildman–Crippen MR) is 86.0 cm³/mol. The highest BCUT2D eigenvalue weighted by Gasteiger charge is 2.10. The van der Waals surface area contributed by atoms with Crippen LogP contribution in [0.5, 0.6) is 11.5 Å². The van der Waals surface area contributed by atoms with E-state index in [9.17, 15) is 0 Å². The smallest absolute Gasteiger partial charge is 0.122 e. The van der Waals surface area contributed by atoms with E-state index in [1.165, 1.54) is 11.1 Å². The van der Waals surface area contributed by atoms with E-state index in [0.29, 0.717) is 0 Å². The van der Waals surface area contributed by atoms with Crippen molar-refractivity contribution < 1.29 is 9.47 Å². The SMILES string of the molecule is COc1cc(OC)cc(C(N)CCc2ccc(C)cc2)c1. The maximum absolute atomic E-state index is 6.31. The van der Waals surface area contributed by atoms with Crippen molar-refractivity contribution in [2.75, 3.05) is 14.2 Å². The Balaban J connectivity index is 2.05. The summed E-state index contributed by atoms with van der Waals surface area (Å²) in [5.41, 5.74) is 9.94. The Morgan fingerprint density at radius 3 is 2.05 bits per heavy atom. The lowest BCUT2D eigenvalue weighted by Gasteiger charge is -2.15. The fraction of sp³-hybridized carbons (Fsp3) is 0.333. The molecule has 0 saturated carbocycles. The molecule has 0 aromatic heterocycles. The summed E-state index contributed by atoms with van der Waals surface area (Å²) < 4.78 is 10.6. The van der Waals surface area contributed by atoms with Gasteiger partial charge in [0, 0.05) is 12.1 Å². The third-order valence-electron chi connectivity index (χ3n) is 3.67. The van der Waals surface area contributed by atoms with E-state index < -0.39 is 0 Å². The minimum Gasteiger partial charge on any atom is -0.497 e. The molecule has 2 rings (SSSR count). The molecule has 0 heterocycles. The summed E-state index contributed by atoms with van der Waals surface area (Å²) in [6.07, 6.45) is 1.85. The summed E-state index contributed by atoms with van der Waals surface area (Å²) >= 11 is 0. The summed E-state index contributed by atoms with van der Waals surface area (Å²) in [6, 6.07) is 14.4. The Kier molecular flexibility index (Phi) is 5.23. The minimum absolute atomic E-state index is 0.0321. The molecule has 0 spiro atoms. The highest BCUT2D eigenvalue weighted by Crippen LogP contribution is 2.27. The molecule has 0 aliphatic heterocycles. The van der Waals surface area contributed by atoms with Gasteiger partial charge >= 0.3 is 0 Å². The zero-order valence-electron chi connectivity index (χ0n) is 12.9. The van der Waals surface area contributed by atoms with Crippen molar-refractivity contribution in [3.05, 3.63) is 59.2 Å². The van der Waals surface area contributed by atoms with Gasteiger partial charge in [-0.3, -0.25) is 0 Å². The number of methoxy groups -OCH3 is 2. The quantitative estimate of drug-likeness (QED) is 0.881. The topological polar surface area (TPSA) is 44.5 Å². The van der Waals surface area contributed by atoms with Crippen LogP contribution in [-0.4, -0.2) is 14.2 Å². The third-order valence-corrected chi connectivity index (χ3v) is 3.67. The van der Waals surface area contributed by atoms with Crippen LogP contribution in [0, 0.1) is 6.92 Å². The summed E-state index contributed by atoms with van der Waals surface area (Å²) in [6.45, 7) is 2.10. The van der Waals surface area contributed by atoms with Crippen LogP contribution in [0.1, 0.15) is 29.2 Å². The Morgan fingerprint density at radius 1 is 0.952 bits per heavy atom. The number of nitrogens with two attached hydrogens (primary N) is 1. The first-order valence-electron chi connectivity index (χ1n) is 7.16. The van der Waals surface area contributed by atoms with Gasteiger partial charge in [0.25, 0.3) is 0 Å². The number of hydrogen-bond donors (Lipinski definition) is 1. The van der Waals surface area contributed by atoms with Gasteiger partial charge < -0.3 is 15.2 Å². The van der Waals surface area contributed by atoms with Gasteiger partial charge in [0.2, 0.25) is 0 Å². The second kappa shape index (κ2) is 7.14. The van der Waals surface area contributed by atoms with Gasteiger partial charge in [0.1, 0.15) is 11.5 Å². The molecule has 1 unspecified atom stereocenters. The average molecular weight is 285 g/mol. The van der Waals surface area contributed by atoms with Crippen molar-refractivity contribution in [3.63, 3.8) is 0 Å². The summed E-state index contributed by atoms with van der Waals surface area (Å²) in [4.78, 5) is 0. The molecule has 2 N–H and O–H groups in total. The molecule has 0 aliphatic carbocycles. The second-order valence-corrected chi connectivity index (χ2v) is 5.28. The van der Waals surface area contributed by atoms with Crippen molar-refractivity contribution in [2.24, 2.45) is 5.73 Å². The monoisotopic (exact) mass is 285 g/mol. The summed E-state index contributed by atoms with van der Waals surface area (Å²) in [5, 5.41) is 0. The second-order valence-electron chi connectivity index (χ2n) is 5.28. The molecule has 21 heavy (non-hydrogen) atoms. The number of ether oxygens (including phenoxy) is 2. The summed E-state index contributed by atoms with van der Waals surface area (Å²) in [5.74, 6) is 1.55. The molecule has 0 bridgehead atoms. The largest absolute Gasteiger partial charge is 0.497 e. The van der Waals surface area contributed by atoms with E-state index in [4.69, 9.17) is 15.2 Å². The van der Waals surface area contributed by atoms with Gasteiger partial charge in [-0.15, -0.1) is 0 Å². The molecule has 1 atom stereocenters. The molecule has 2 aromatic rings. The fourth-order valence-corrected chi connectivity index (χ4v) is 2.29.